The maximum atomic E-state index is 12.6. The normalized spacial score (nSPS) is 20.6. The number of carbonyl (C=O) groups excluding carboxylic acids is 1. The van der Waals surface area contributed by atoms with E-state index in [2.05, 4.69) is 0 Å². The number of likely N-dealkylation sites (tertiary alicyclic amines) is 1. The minimum absolute atomic E-state index is 0.0673. The molecule has 1 fully saturated rings. The number of ether oxygens (including phenoxy) is 1. The van der Waals surface area contributed by atoms with Gasteiger partial charge in [-0.1, -0.05) is 6.92 Å². The van der Waals surface area contributed by atoms with Gasteiger partial charge in [0.05, 0.1) is 12.5 Å². The molecule has 1 rings (SSSR count). The van der Waals surface area contributed by atoms with Crippen molar-refractivity contribution in [2.45, 2.75) is 39.2 Å². The smallest absolute Gasteiger partial charge is 0.320 e. The topological polar surface area (TPSA) is 70.1 Å². The Balaban J connectivity index is 2.69. The monoisotopic (exact) mass is 286 g/mol. The van der Waals surface area contributed by atoms with Crippen molar-refractivity contribution in [1.82, 2.24) is 9.80 Å². The molecule has 0 aliphatic carbocycles. The summed E-state index contributed by atoms with van der Waals surface area (Å²) in [6.45, 7) is 6.03. The Labute approximate surface area is 120 Å². The first-order valence-electron chi connectivity index (χ1n) is 7.28. The van der Waals surface area contributed by atoms with Crippen LogP contribution >= 0.6 is 0 Å². The molecule has 1 aliphatic heterocycles. The fourth-order valence-electron chi connectivity index (χ4n) is 2.45. The van der Waals surface area contributed by atoms with Gasteiger partial charge < -0.3 is 19.6 Å². The van der Waals surface area contributed by atoms with Crippen LogP contribution in [0.3, 0.4) is 0 Å². The van der Waals surface area contributed by atoms with E-state index in [-0.39, 0.29) is 12.1 Å². The van der Waals surface area contributed by atoms with Crippen molar-refractivity contribution in [1.29, 1.82) is 0 Å². The van der Waals surface area contributed by atoms with Gasteiger partial charge in [-0.3, -0.25) is 4.79 Å². The lowest BCUT2D eigenvalue weighted by Crippen LogP contribution is -2.52. The van der Waals surface area contributed by atoms with E-state index in [0.29, 0.717) is 32.7 Å². The summed E-state index contributed by atoms with van der Waals surface area (Å²) in [4.78, 5) is 27.1. The quantitative estimate of drug-likeness (QED) is 0.806. The average molecular weight is 286 g/mol. The molecule has 116 valence electrons. The highest BCUT2D eigenvalue weighted by Crippen LogP contribution is 2.19. The largest absolute Gasteiger partial charge is 0.481 e. The van der Waals surface area contributed by atoms with Gasteiger partial charge in [-0.25, -0.2) is 4.79 Å². The summed E-state index contributed by atoms with van der Waals surface area (Å²) in [6.07, 6.45) is 2.27. The summed E-state index contributed by atoms with van der Waals surface area (Å²) in [5.74, 6) is -1.25. The van der Waals surface area contributed by atoms with Crippen molar-refractivity contribution in [3.63, 3.8) is 0 Å². The average Bonchev–Trinajstić information content (AvgIpc) is 2.47. The van der Waals surface area contributed by atoms with Crippen LogP contribution in [-0.4, -0.2) is 66.3 Å². The molecule has 2 unspecified atom stereocenters. The minimum Gasteiger partial charge on any atom is -0.481 e. The van der Waals surface area contributed by atoms with Gasteiger partial charge in [-0.05, 0) is 26.2 Å². The van der Waals surface area contributed by atoms with E-state index in [4.69, 9.17) is 9.84 Å². The van der Waals surface area contributed by atoms with Gasteiger partial charge in [0, 0.05) is 32.8 Å². The molecular weight excluding hydrogens is 260 g/mol. The van der Waals surface area contributed by atoms with Crippen LogP contribution in [0.25, 0.3) is 0 Å². The Bertz CT molecular complexity index is 335. The second kappa shape index (κ2) is 8.09. The van der Waals surface area contributed by atoms with Gasteiger partial charge in [-0.15, -0.1) is 0 Å². The zero-order chi connectivity index (χ0) is 15.1. The molecule has 0 radical (unpaired) electrons. The third-order valence-corrected chi connectivity index (χ3v) is 3.95. The summed E-state index contributed by atoms with van der Waals surface area (Å²) in [5, 5.41) is 9.10. The van der Waals surface area contributed by atoms with E-state index in [1.807, 2.05) is 13.8 Å². The third-order valence-electron chi connectivity index (χ3n) is 3.95. The van der Waals surface area contributed by atoms with Crippen molar-refractivity contribution in [2.75, 3.05) is 33.4 Å². The highest BCUT2D eigenvalue weighted by Gasteiger charge is 2.31. The summed E-state index contributed by atoms with van der Waals surface area (Å²) in [6, 6.07) is 0.0604. The number of hydrogen-bond donors (Lipinski definition) is 1. The van der Waals surface area contributed by atoms with Gasteiger partial charge in [0.25, 0.3) is 0 Å². The molecule has 0 spiro atoms. The number of piperidine rings is 1. The van der Waals surface area contributed by atoms with Crippen molar-refractivity contribution in [3.05, 3.63) is 0 Å². The van der Waals surface area contributed by atoms with Crippen molar-refractivity contribution < 1.29 is 19.4 Å². The number of methoxy groups -OCH3 is 1. The van der Waals surface area contributed by atoms with E-state index in [9.17, 15) is 9.59 Å². The minimum atomic E-state index is -0.811. The number of carbonyl (C=O) groups is 2. The van der Waals surface area contributed by atoms with E-state index in [1.165, 1.54) is 0 Å². The summed E-state index contributed by atoms with van der Waals surface area (Å²) >= 11 is 0. The van der Waals surface area contributed by atoms with Crippen LogP contribution in [0.2, 0.25) is 0 Å². The van der Waals surface area contributed by atoms with Gasteiger partial charge in [0.2, 0.25) is 0 Å². The maximum absolute atomic E-state index is 12.6. The summed E-state index contributed by atoms with van der Waals surface area (Å²) in [5.41, 5.74) is 0. The van der Waals surface area contributed by atoms with Gasteiger partial charge in [0.15, 0.2) is 0 Å². The fraction of sp³-hybridized carbons (Fsp3) is 0.857. The Kier molecular flexibility index (Phi) is 6.78. The SMILES string of the molecule is CCC(C)N(CCOC)C(=O)N1CCCC(C(=O)O)C1. The fourth-order valence-corrected chi connectivity index (χ4v) is 2.45. The maximum Gasteiger partial charge on any atom is 0.320 e. The standard InChI is InChI=1S/C14H26N2O4/c1-4-11(2)16(8-9-20-3)14(19)15-7-5-6-12(10-15)13(17)18/h11-12H,4-10H2,1-3H3,(H,17,18). The lowest BCUT2D eigenvalue weighted by atomic mass is 9.98. The Morgan fingerprint density at radius 3 is 2.75 bits per heavy atom. The highest BCUT2D eigenvalue weighted by atomic mass is 16.5. The zero-order valence-electron chi connectivity index (χ0n) is 12.7. The van der Waals surface area contributed by atoms with Crippen LogP contribution in [0, 0.1) is 5.92 Å². The second-order valence-electron chi connectivity index (χ2n) is 5.35. The molecule has 1 saturated heterocycles. The van der Waals surface area contributed by atoms with Crippen molar-refractivity contribution in [2.24, 2.45) is 5.92 Å². The summed E-state index contributed by atoms with van der Waals surface area (Å²) in [7, 11) is 1.61. The van der Waals surface area contributed by atoms with Gasteiger partial charge in [-0.2, -0.15) is 0 Å². The van der Waals surface area contributed by atoms with Gasteiger partial charge >= 0.3 is 12.0 Å². The zero-order valence-corrected chi connectivity index (χ0v) is 12.7. The number of hydrogen-bond acceptors (Lipinski definition) is 3. The number of aliphatic carboxylic acids is 1. The predicted octanol–water partition coefficient (Wildman–Crippen LogP) is 1.65. The lowest BCUT2D eigenvalue weighted by Gasteiger charge is -2.37. The molecule has 1 N–H and O–H groups in total. The number of amides is 2. The van der Waals surface area contributed by atoms with Crippen LogP contribution in [0.15, 0.2) is 0 Å². The van der Waals surface area contributed by atoms with Crippen LogP contribution in [0.5, 0.6) is 0 Å². The van der Waals surface area contributed by atoms with E-state index in [0.717, 1.165) is 12.8 Å². The first-order chi connectivity index (χ1) is 9.51. The Hall–Kier alpha value is -1.30. The molecule has 6 heteroatoms. The van der Waals surface area contributed by atoms with Crippen LogP contribution < -0.4 is 0 Å². The molecule has 0 aromatic rings. The lowest BCUT2D eigenvalue weighted by molar-refractivity contribution is -0.143. The molecule has 0 aromatic carbocycles. The predicted molar refractivity (Wildman–Crippen MR) is 75.7 cm³/mol. The number of urea groups is 1. The molecule has 0 bridgehead atoms. The third kappa shape index (κ3) is 4.37. The Morgan fingerprint density at radius 2 is 2.20 bits per heavy atom. The van der Waals surface area contributed by atoms with Crippen molar-refractivity contribution in [3.8, 4) is 0 Å². The molecule has 2 amide bonds. The first kappa shape index (κ1) is 16.8. The molecule has 1 aliphatic rings. The number of carboxylic acids is 1. The van der Waals surface area contributed by atoms with E-state index in [1.54, 1.807) is 16.9 Å². The van der Waals surface area contributed by atoms with Crippen molar-refractivity contribution >= 4 is 12.0 Å². The molecular formula is C14H26N2O4. The number of nitrogens with zero attached hydrogens (tertiary/aromatic N) is 2. The molecule has 0 saturated carbocycles. The van der Waals surface area contributed by atoms with Gasteiger partial charge in [0.1, 0.15) is 0 Å². The van der Waals surface area contributed by atoms with E-state index >= 15 is 0 Å². The Morgan fingerprint density at radius 1 is 1.50 bits per heavy atom. The summed E-state index contributed by atoms with van der Waals surface area (Å²) < 4.78 is 5.06. The highest BCUT2D eigenvalue weighted by molar-refractivity contribution is 5.77. The van der Waals surface area contributed by atoms with Crippen LogP contribution in [-0.2, 0) is 9.53 Å². The molecule has 0 aromatic heterocycles. The number of rotatable bonds is 6. The van der Waals surface area contributed by atoms with Crippen LogP contribution in [0.4, 0.5) is 4.79 Å². The first-order valence-corrected chi connectivity index (χ1v) is 7.28. The molecule has 6 nitrogen and oxygen atoms in total. The molecule has 1 heterocycles. The molecule has 2 atom stereocenters. The van der Waals surface area contributed by atoms with E-state index < -0.39 is 11.9 Å². The second-order valence-corrected chi connectivity index (χ2v) is 5.35. The van der Waals surface area contributed by atoms with Crippen LogP contribution in [0.1, 0.15) is 33.1 Å². The molecule has 20 heavy (non-hydrogen) atoms. The number of carboxylic acid groups (broad SMARTS) is 1.